The minimum absolute atomic E-state index is 0.0913. The lowest BCUT2D eigenvalue weighted by Crippen LogP contribution is -2.18. The van der Waals surface area contributed by atoms with Crippen LogP contribution in [0.2, 0.25) is 0 Å². The molecule has 27 heavy (non-hydrogen) atoms. The molecule has 2 N–H and O–H groups in total. The molecule has 0 saturated carbocycles. The number of anilines is 1. The maximum atomic E-state index is 12.5. The van der Waals surface area contributed by atoms with Gasteiger partial charge in [-0.2, -0.15) is 0 Å². The average Bonchev–Trinajstić information content (AvgIpc) is 3.02. The predicted octanol–water partition coefficient (Wildman–Crippen LogP) is 2.67. The smallest absolute Gasteiger partial charge is 0.273 e. The molecule has 1 aromatic heterocycles. The van der Waals surface area contributed by atoms with Crippen molar-refractivity contribution in [1.82, 2.24) is 9.71 Å². The van der Waals surface area contributed by atoms with E-state index in [-0.39, 0.29) is 26.8 Å². The van der Waals surface area contributed by atoms with Crippen molar-refractivity contribution in [2.45, 2.75) is 11.8 Å². The third-order valence-electron chi connectivity index (χ3n) is 3.91. The van der Waals surface area contributed by atoms with Crippen LogP contribution in [-0.2, 0) is 10.0 Å². The van der Waals surface area contributed by atoms with Crippen LogP contribution in [0.15, 0.2) is 41.3 Å². The number of aromatic nitrogens is 1. The van der Waals surface area contributed by atoms with Crippen molar-refractivity contribution < 1.29 is 18.1 Å². The van der Waals surface area contributed by atoms with Crippen LogP contribution in [0, 0.1) is 17.0 Å². The van der Waals surface area contributed by atoms with Gasteiger partial charge in [0.25, 0.3) is 11.6 Å². The number of amides is 1. The number of nitro benzene ring substituents is 1. The maximum absolute atomic E-state index is 12.5. The Morgan fingerprint density at radius 1 is 1.26 bits per heavy atom. The molecule has 0 bridgehead atoms. The lowest BCUT2D eigenvalue weighted by atomic mass is 10.1. The molecule has 0 unspecified atom stereocenters. The highest BCUT2D eigenvalue weighted by molar-refractivity contribution is 7.89. The number of rotatable bonds is 5. The Kier molecular flexibility index (Phi) is 4.91. The number of hydrogen-bond donors (Lipinski definition) is 2. The van der Waals surface area contributed by atoms with Crippen molar-refractivity contribution in [1.29, 1.82) is 0 Å². The first-order chi connectivity index (χ1) is 12.7. The van der Waals surface area contributed by atoms with E-state index in [4.69, 9.17) is 0 Å². The second-order valence-electron chi connectivity index (χ2n) is 5.52. The van der Waals surface area contributed by atoms with E-state index in [1.807, 2.05) is 0 Å². The number of thiazole rings is 1. The van der Waals surface area contributed by atoms with Crippen LogP contribution in [0.5, 0.6) is 0 Å². The van der Waals surface area contributed by atoms with E-state index in [0.29, 0.717) is 10.2 Å². The van der Waals surface area contributed by atoms with Gasteiger partial charge in [-0.25, -0.2) is 18.1 Å². The molecule has 140 valence electrons. The van der Waals surface area contributed by atoms with Gasteiger partial charge in [0.05, 0.1) is 20.0 Å². The molecular formula is C16H14N4O5S2. The van der Waals surface area contributed by atoms with Crippen molar-refractivity contribution in [3.63, 3.8) is 0 Å². The van der Waals surface area contributed by atoms with Crippen LogP contribution >= 0.6 is 11.3 Å². The van der Waals surface area contributed by atoms with Crippen LogP contribution in [-0.4, -0.2) is 31.3 Å². The fourth-order valence-electron chi connectivity index (χ4n) is 2.48. The summed E-state index contributed by atoms with van der Waals surface area (Å²) in [6.07, 6.45) is 0. The third-order valence-corrected chi connectivity index (χ3v) is 6.25. The van der Waals surface area contributed by atoms with Gasteiger partial charge in [-0.05, 0) is 38.2 Å². The van der Waals surface area contributed by atoms with Crippen molar-refractivity contribution in [2.24, 2.45) is 0 Å². The Labute approximate surface area is 158 Å². The molecule has 3 rings (SSSR count). The van der Waals surface area contributed by atoms with Crippen LogP contribution in [0.4, 0.5) is 10.8 Å². The maximum Gasteiger partial charge on any atom is 0.273 e. The van der Waals surface area contributed by atoms with E-state index in [1.54, 1.807) is 6.07 Å². The topological polar surface area (TPSA) is 131 Å². The first-order valence-electron chi connectivity index (χ1n) is 7.62. The normalized spacial score (nSPS) is 11.5. The molecular weight excluding hydrogens is 392 g/mol. The second kappa shape index (κ2) is 7.02. The fourth-order valence-corrected chi connectivity index (χ4v) is 4.21. The predicted molar refractivity (Wildman–Crippen MR) is 102 cm³/mol. The van der Waals surface area contributed by atoms with Crippen molar-refractivity contribution in [3.8, 4) is 0 Å². The van der Waals surface area contributed by atoms with Crippen molar-refractivity contribution in [2.75, 3.05) is 12.4 Å². The first-order valence-corrected chi connectivity index (χ1v) is 9.92. The SMILES string of the molecule is CNS(=O)(=O)c1ccc2nc(NC(=O)c3cccc([N+](=O)[O-])c3C)sc2c1. The Morgan fingerprint density at radius 2 is 2.00 bits per heavy atom. The van der Waals surface area contributed by atoms with Crippen LogP contribution < -0.4 is 10.0 Å². The monoisotopic (exact) mass is 406 g/mol. The number of nitrogens with one attached hydrogen (secondary N) is 2. The Morgan fingerprint density at radius 3 is 2.67 bits per heavy atom. The number of carbonyl (C=O) groups is 1. The highest BCUT2D eigenvalue weighted by Crippen LogP contribution is 2.29. The zero-order valence-corrected chi connectivity index (χ0v) is 15.8. The highest BCUT2D eigenvalue weighted by atomic mass is 32.2. The molecule has 0 aliphatic carbocycles. The minimum atomic E-state index is -3.59. The molecule has 0 radical (unpaired) electrons. The molecule has 0 fully saturated rings. The number of hydrogen-bond acceptors (Lipinski definition) is 7. The fraction of sp³-hybridized carbons (Fsp3) is 0.125. The van der Waals surface area contributed by atoms with Gasteiger partial charge in [0, 0.05) is 17.2 Å². The summed E-state index contributed by atoms with van der Waals surface area (Å²) in [6.45, 7) is 1.50. The average molecular weight is 406 g/mol. The zero-order chi connectivity index (χ0) is 19.8. The first kappa shape index (κ1) is 18.9. The Bertz CT molecular complexity index is 1170. The number of nitrogens with zero attached hydrogens (tertiary/aromatic N) is 2. The highest BCUT2D eigenvalue weighted by Gasteiger charge is 2.19. The summed E-state index contributed by atoms with van der Waals surface area (Å²) in [5.74, 6) is -0.529. The van der Waals surface area contributed by atoms with Gasteiger partial charge >= 0.3 is 0 Å². The third kappa shape index (κ3) is 3.65. The van der Waals surface area contributed by atoms with Gasteiger partial charge in [-0.15, -0.1) is 0 Å². The molecule has 0 spiro atoms. The summed E-state index contributed by atoms with van der Waals surface area (Å²) < 4.78 is 26.6. The number of benzene rings is 2. The van der Waals surface area contributed by atoms with Gasteiger partial charge < -0.3 is 0 Å². The number of nitro groups is 1. The molecule has 1 amide bonds. The summed E-state index contributed by atoms with van der Waals surface area (Å²) in [4.78, 5) is 27.3. The van der Waals surface area contributed by atoms with Crippen LogP contribution in [0.1, 0.15) is 15.9 Å². The molecule has 0 atom stereocenters. The molecule has 2 aromatic carbocycles. The molecule has 11 heteroatoms. The van der Waals surface area contributed by atoms with E-state index in [9.17, 15) is 23.3 Å². The van der Waals surface area contributed by atoms with Gasteiger partial charge in [-0.3, -0.25) is 20.2 Å². The molecule has 3 aromatic rings. The summed E-state index contributed by atoms with van der Waals surface area (Å²) in [7, 11) is -2.27. The van der Waals surface area contributed by atoms with Gasteiger partial charge in [-0.1, -0.05) is 17.4 Å². The summed E-state index contributed by atoms with van der Waals surface area (Å²) in [5, 5.41) is 13.9. The molecule has 1 heterocycles. The zero-order valence-electron chi connectivity index (χ0n) is 14.2. The van der Waals surface area contributed by atoms with Gasteiger partial charge in [0.1, 0.15) is 0 Å². The van der Waals surface area contributed by atoms with E-state index in [2.05, 4.69) is 15.0 Å². The van der Waals surface area contributed by atoms with Crippen molar-refractivity contribution >= 4 is 48.3 Å². The summed E-state index contributed by atoms with van der Waals surface area (Å²) in [5.41, 5.74) is 0.806. The molecule has 9 nitrogen and oxygen atoms in total. The quantitative estimate of drug-likeness (QED) is 0.495. The summed E-state index contributed by atoms with van der Waals surface area (Å²) in [6, 6.07) is 8.69. The second-order valence-corrected chi connectivity index (χ2v) is 8.43. The molecule has 0 saturated heterocycles. The Balaban J connectivity index is 1.92. The largest absolute Gasteiger partial charge is 0.298 e. The Hall–Kier alpha value is -2.89. The van der Waals surface area contributed by atoms with Gasteiger partial charge in [0.2, 0.25) is 10.0 Å². The van der Waals surface area contributed by atoms with E-state index in [0.717, 1.165) is 11.3 Å². The molecule has 0 aliphatic rings. The van der Waals surface area contributed by atoms with E-state index < -0.39 is 20.9 Å². The van der Waals surface area contributed by atoms with Crippen LogP contribution in [0.25, 0.3) is 10.2 Å². The standard InChI is InChI=1S/C16H14N4O5S2/c1-9-11(4-3-5-13(9)20(22)23)15(21)19-16-18-12-7-6-10(8-14(12)26-16)27(24,25)17-2/h3-8,17H,1-2H3,(H,18,19,21). The number of carbonyl (C=O) groups excluding carboxylic acids is 1. The number of fused-ring (bicyclic) bond motifs is 1. The lowest BCUT2D eigenvalue weighted by molar-refractivity contribution is -0.385. The van der Waals surface area contributed by atoms with Crippen LogP contribution in [0.3, 0.4) is 0 Å². The van der Waals surface area contributed by atoms with E-state index >= 15 is 0 Å². The van der Waals surface area contributed by atoms with E-state index in [1.165, 1.54) is 44.3 Å². The van der Waals surface area contributed by atoms with Crippen molar-refractivity contribution in [3.05, 3.63) is 57.6 Å². The summed E-state index contributed by atoms with van der Waals surface area (Å²) >= 11 is 1.11. The lowest BCUT2D eigenvalue weighted by Gasteiger charge is -2.05. The number of sulfonamides is 1. The van der Waals surface area contributed by atoms with Gasteiger partial charge in [0.15, 0.2) is 5.13 Å². The minimum Gasteiger partial charge on any atom is -0.298 e. The molecule has 0 aliphatic heterocycles.